The van der Waals surface area contributed by atoms with Crippen molar-refractivity contribution in [2.45, 2.75) is 84.2 Å². The Hall–Kier alpha value is -0.100. The molecule has 1 atom stereocenters. The molecule has 0 aliphatic heterocycles. The molecule has 0 aliphatic rings. The first-order valence-electron chi connectivity index (χ1n) is 7.52. The molecular weight excluding hydrogens is 283 g/mol. The first kappa shape index (κ1) is 25.8. The number of hydrogen-bond donors (Lipinski definition) is 2. The fourth-order valence-electron chi connectivity index (χ4n) is 1.58. The molecule has 0 radical (unpaired) electrons. The summed E-state index contributed by atoms with van der Waals surface area (Å²) in [6.07, 6.45) is 9.93. The van der Waals surface area contributed by atoms with Gasteiger partial charge in [-0.15, -0.1) is 0 Å². The van der Waals surface area contributed by atoms with Crippen LogP contribution in [0, 0.1) is 0 Å². The molecule has 0 aromatic carbocycles. The largest absolute Gasteiger partial charge is 1.00 e. The van der Waals surface area contributed by atoms with Gasteiger partial charge in [-0.2, -0.15) is 0 Å². The third-order valence-corrected chi connectivity index (χ3v) is 2.84. The van der Waals surface area contributed by atoms with Crippen LogP contribution in [0.25, 0.3) is 0 Å². The number of carboxylic acids is 2. The molecule has 0 spiro atoms. The van der Waals surface area contributed by atoms with E-state index in [4.69, 9.17) is 10.2 Å². The molecule has 120 valence electrons. The van der Waals surface area contributed by atoms with Gasteiger partial charge in [-0.25, -0.2) is 4.79 Å². The molecule has 0 amide bonds. The van der Waals surface area contributed by atoms with Crippen molar-refractivity contribution in [1.29, 1.82) is 0 Å². The van der Waals surface area contributed by atoms with Crippen molar-refractivity contribution in [1.82, 2.24) is 0 Å². The predicted octanol–water partition coefficient (Wildman–Crippen LogP) is -0.887. The van der Waals surface area contributed by atoms with E-state index in [2.05, 4.69) is 6.92 Å². The number of carbonyl (C=O) groups is 2. The van der Waals surface area contributed by atoms with Crippen LogP contribution in [0.2, 0.25) is 0 Å². The number of carboxylic acid groups (broad SMARTS) is 2. The number of hydrogen-bond acceptors (Lipinski definition) is 4. The Morgan fingerprint density at radius 1 is 0.952 bits per heavy atom. The fraction of sp³-hybridized carbons (Fsp3) is 0.867. The Morgan fingerprint density at radius 3 is 1.57 bits per heavy atom. The third-order valence-electron chi connectivity index (χ3n) is 2.84. The van der Waals surface area contributed by atoms with Crippen LogP contribution < -0.4 is 34.7 Å². The van der Waals surface area contributed by atoms with Crippen LogP contribution in [0.15, 0.2) is 0 Å². The monoisotopic (exact) mass is 312 g/mol. The quantitative estimate of drug-likeness (QED) is 0.381. The van der Waals surface area contributed by atoms with Crippen molar-refractivity contribution in [2.75, 3.05) is 0 Å². The molecule has 0 aromatic heterocycles. The summed E-state index contributed by atoms with van der Waals surface area (Å²) in [5.41, 5.74) is 0. The van der Waals surface area contributed by atoms with E-state index < -0.39 is 18.0 Å². The summed E-state index contributed by atoms with van der Waals surface area (Å²) in [5.74, 6) is -2.09. The maximum Gasteiger partial charge on any atom is 1.00 e. The van der Waals surface area contributed by atoms with E-state index in [1.54, 1.807) is 0 Å². The predicted molar refractivity (Wildman–Crippen MR) is 76.2 cm³/mol. The van der Waals surface area contributed by atoms with Crippen molar-refractivity contribution < 1.29 is 54.5 Å². The smallest absolute Gasteiger partial charge is 0.550 e. The summed E-state index contributed by atoms with van der Waals surface area (Å²) in [5, 5.41) is 25.9. The van der Waals surface area contributed by atoms with Crippen LogP contribution in [-0.2, 0) is 9.59 Å². The second-order valence-electron chi connectivity index (χ2n) is 4.96. The zero-order valence-corrected chi connectivity index (χ0v) is 15.8. The molecule has 21 heavy (non-hydrogen) atoms. The van der Waals surface area contributed by atoms with E-state index >= 15 is 0 Å². The Morgan fingerprint density at radius 2 is 1.29 bits per heavy atom. The molecule has 6 heteroatoms. The minimum absolute atomic E-state index is 0. The van der Waals surface area contributed by atoms with E-state index in [1.165, 1.54) is 51.9 Å². The molecule has 5 nitrogen and oxygen atoms in total. The van der Waals surface area contributed by atoms with Gasteiger partial charge in [0.15, 0.2) is 0 Å². The number of rotatable bonds is 11. The Bertz CT molecular complexity index is 244. The van der Waals surface area contributed by atoms with Crippen molar-refractivity contribution in [3.63, 3.8) is 0 Å². The standard InChI is InChI=1S/C12H24O2.C3H6O3.Na/c1-2-3-4-5-6-7-8-9-10-11-12(13)14;1-2(4)3(5)6;/h2-11H2,1H3,(H,13,14);2,4H,1H3,(H,5,6);/q;;+1/p-1. The topological polar surface area (TPSA) is 97.7 Å². The van der Waals surface area contributed by atoms with Crippen LogP contribution in [-0.4, -0.2) is 28.3 Å². The zero-order chi connectivity index (χ0) is 15.8. The van der Waals surface area contributed by atoms with Gasteiger partial charge in [-0.05, 0) is 19.8 Å². The number of unbranched alkanes of at least 4 members (excludes halogenated alkanes) is 8. The van der Waals surface area contributed by atoms with E-state index in [9.17, 15) is 14.7 Å². The molecule has 2 N–H and O–H groups in total. The summed E-state index contributed by atoms with van der Waals surface area (Å²) in [4.78, 5) is 19.5. The summed E-state index contributed by atoms with van der Waals surface area (Å²) in [6, 6.07) is 0. The van der Waals surface area contributed by atoms with Gasteiger partial charge in [0.1, 0.15) is 6.10 Å². The normalized spacial score (nSPS) is 10.8. The second-order valence-corrected chi connectivity index (χ2v) is 4.96. The van der Waals surface area contributed by atoms with Crippen LogP contribution in [0.5, 0.6) is 0 Å². The average molecular weight is 312 g/mol. The van der Waals surface area contributed by atoms with E-state index in [1.807, 2.05) is 0 Å². The maximum absolute atomic E-state index is 10.1. The van der Waals surface area contributed by atoms with Crippen molar-refractivity contribution in [2.24, 2.45) is 0 Å². The maximum atomic E-state index is 10.1. The molecule has 0 aliphatic carbocycles. The summed E-state index contributed by atoms with van der Waals surface area (Å²) in [7, 11) is 0. The van der Waals surface area contributed by atoms with Gasteiger partial charge in [0.25, 0.3) is 0 Å². The molecule has 0 aromatic rings. The van der Waals surface area contributed by atoms with E-state index in [0.29, 0.717) is 0 Å². The van der Waals surface area contributed by atoms with Crippen molar-refractivity contribution >= 4 is 11.9 Å². The fourth-order valence-corrected chi connectivity index (χ4v) is 1.58. The zero-order valence-electron chi connectivity index (χ0n) is 13.8. The van der Waals surface area contributed by atoms with Gasteiger partial charge in [-0.3, -0.25) is 0 Å². The molecule has 0 heterocycles. The van der Waals surface area contributed by atoms with Crippen molar-refractivity contribution in [3.8, 4) is 0 Å². The van der Waals surface area contributed by atoms with Gasteiger partial charge >= 0.3 is 35.5 Å². The first-order valence-corrected chi connectivity index (χ1v) is 7.52. The van der Waals surface area contributed by atoms with Crippen LogP contribution in [0.1, 0.15) is 78.1 Å². The van der Waals surface area contributed by atoms with Gasteiger partial charge in [0.2, 0.25) is 0 Å². The van der Waals surface area contributed by atoms with Gasteiger partial charge in [-0.1, -0.05) is 58.3 Å². The van der Waals surface area contributed by atoms with Gasteiger partial charge < -0.3 is 20.1 Å². The number of carbonyl (C=O) groups excluding carboxylic acids is 1. The summed E-state index contributed by atoms with van der Waals surface area (Å²) in [6.45, 7) is 3.42. The summed E-state index contributed by atoms with van der Waals surface area (Å²) >= 11 is 0. The molecule has 0 fully saturated rings. The van der Waals surface area contributed by atoms with Crippen molar-refractivity contribution in [3.05, 3.63) is 0 Å². The van der Waals surface area contributed by atoms with Gasteiger partial charge in [0, 0.05) is 5.97 Å². The molecule has 0 bridgehead atoms. The Labute approximate surface area is 150 Å². The number of aliphatic carboxylic acids is 2. The third kappa shape index (κ3) is 28.7. The molecular formula is C15H29NaO5. The summed E-state index contributed by atoms with van der Waals surface area (Å²) < 4.78 is 0. The molecule has 0 saturated carbocycles. The minimum Gasteiger partial charge on any atom is -0.550 e. The van der Waals surface area contributed by atoms with Crippen LogP contribution in [0.3, 0.4) is 0 Å². The molecule has 0 saturated heterocycles. The molecule has 1 unspecified atom stereocenters. The van der Waals surface area contributed by atoms with Crippen LogP contribution in [0.4, 0.5) is 0 Å². The van der Waals surface area contributed by atoms with E-state index in [0.717, 1.165) is 12.8 Å². The second kappa shape index (κ2) is 19.9. The minimum atomic E-state index is -1.23. The average Bonchev–Trinajstić information content (AvgIpc) is 2.37. The van der Waals surface area contributed by atoms with Gasteiger partial charge in [0.05, 0.1) is 0 Å². The number of aliphatic hydroxyl groups is 1. The van der Waals surface area contributed by atoms with E-state index in [-0.39, 0.29) is 36.0 Å². The Balaban J connectivity index is -0.000000394. The SMILES string of the molecule is CC(O)C(=O)O.CCCCCCCCCCCC(=O)[O-].[Na+]. The van der Waals surface area contributed by atoms with Crippen LogP contribution >= 0.6 is 0 Å². The number of aliphatic hydroxyl groups excluding tert-OH is 1. The Kier molecular flexibility index (Phi) is 24.5. The molecule has 0 rings (SSSR count). The first-order chi connectivity index (χ1) is 9.41.